The Balaban J connectivity index is 1.37. The Morgan fingerprint density at radius 3 is 2.46 bits per heavy atom. The van der Waals surface area contributed by atoms with Crippen molar-refractivity contribution in [1.29, 1.82) is 0 Å². The highest BCUT2D eigenvalue weighted by Crippen LogP contribution is 2.43. The van der Waals surface area contributed by atoms with Crippen LogP contribution in [0.2, 0.25) is 5.02 Å². The van der Waals surface area contributed by atoms with Crippen molar-refractivity contribution >= 4 is 34.6 Å². The number of rotatable bonds is 6. The van der Waals surface area contributed by atoms with E-state index in [0.717, 1.165) is 51.1 Å². The van der Waals surface area contributed by atoms with Gasteiger partial charge in [-0.15, -0.1) is 0 Å². The normalized spacial score (nSPS) is 16.8. The molecule has 7 heteroatoms. The number of nitrogens with zero attached hydrogens (tertiary/aromatic N) is 2. The molecule has 1 N–H and O–H groups in total. The lowest BCUT2D eigenvalue weighted by atomic mass is 10.0. The maximum Gasteiger partial charge on any atom is 0.174 e. The molecule has 1 aliphatic rings. The second-order valence-corrected chi connectivity index (χ2v) is 10.3. The summed E-state index contributed by atoms with van der Waals surface area (Å²) < 4.78 is 12.6. The van der Waals surface area contributed by atoms with Gasteiger partial charge in [0.15, 0.2) is 5.11 Å². The average Bonchev–Trinajstić information content (AvgIpc) is 3.57. The number of furan rings is 1. The Morgan fingerprint density at radius 1 is 0.897 bits per heavy atom. The molecule has 0 amide bonds. The summed E-state index contributed by atoms with van der Waals surface area (Å²) in [4.78, 5) is 6.71. The molecule has 1 saturated heterocycles. The topological polar surface area (TPSA) is 50.5 Å². The van der Waals surface area contributed by atoms with E-state index in [4.69, 9.17) is 33.0 Å². The quantitative estimate of drug-likeness (QED) is 0.213. The van der Waals surface area contributed by atoms with E-state index in [-0.39, 0.29) is 12.1 Å². The van der Waals surface area contributed by atoms with E-state index in [0.29, 0.717) is 10.1 Å². The molecule has 0 saturated carbocycles. The number of aromatic nitrogens is 1. The minimum absolute atomic E-state index is 0.207. The van der Waals surface area contributed by atoms with Crippen LogP contribution in [0, 0.1) is 13.8 Å². The number of halogens is 1. The molecule has 0 radical (unpaired) electrons. The Labute approximate surface area is 238 Å². The predicted octanol–water partition coefficient (Wildman–Crippen LogP) is 8.58. The number of para-hydroxylation sites is 1. The number of hydrogen-bond acceptors (Lipinski definition) is 4. The van der Waals surface area contributed by atoms with Crippen LogP contribution in [-0.2, 0) is 0 Å². The fraction of sp³-hybridized carbons (Fsp3) is 0.125. The van der Waals surface area contributed by atoms with Crippen LogP contribution in [0.15, 0.2) is 108 Å². The molecule has 5 aromatic rings. The Morgan fingerprint density at radius 2 is 1.69 bits per heavy atom. The molecular weight excluding hydrogens is 526 g/mol. The molecule has 1 aliphatic heterocycles. The maximum atomic E-state index is 6.50. The first-order valence-corrected chi connectivity index (χ1v) is 13.5. The Kier molecular flexibility index (Phi) is 6.81. The van der Waals surface area contributed by atoms with Gasteiger partial charge in [0.05, 0.1) is 11.7 Å². The van der Waals surface area contributed by atoms with E-state index in [1.807, 2.05) is 111 Å². The number of aryl methyl sites for hydroxylation is 2. The average molecular weight is 552 g/mol. The third-order valence-corrected chi connectivity index (χ3v) is 7.47. The van der Waals surface area contributed by atoms with Gasteiger partial charge < -0.3 is 19.4 Å². The number of ether oxygens (including phenoxy) is 1. The smallest absolute Gasteiger partial charge is 0.174 e. The first kappa shape index (κ1) is 25.2. The van der Waals surface area contributed by atoms with E-state index in [2.05, 4.69) is 15.2 Å². The van der Waals surface area contributed by atoms with Crippen LogP contribution in [0.25, 0.3) is 11.3 Å². The zero-order chi connectivity index (χ0) is 26.9. The number of thiocarbonyl (C=S) groups is 1. The van der Waals surface area contributed by atoms with Gasteiger partial charge in [-0.25, -0.2) is 0 Å². The number of anilines is 1. The summed E-state index contributed by atoms with van der Waals surface area (Å²) in [5, 5.41) is 4.74. The lowest BCUT2D eigenvalue weighted by molar-refractivity contribution is 0.439. The molecule has 39 heavy (non-hydrogen) atoms. The van der Waals surface area contributed by atoms with Gasteiger partial charge in [-0.1, -0.05) is 41.9 Å². The van der Waals surface area contributed by atoms with Crippen LogP contribution in [0.4, 0.5) is 5.69 Å². The highest BCUT2D eigenvalue weighted by atomic mass is 35.5. The third kappa shape index (κ3) is 5.01. The molecule has 0 aliphatic carbocycles. The van der Waals surface area contributed by atoms with Crippen molar-refractivity contribution in [3.63, 3.8) is 0 Å². The monoisotopic (exact) mass is 551 g/mol. The highest BCUT2D eigenvalue weighted by molar-refractivity contribution is 7.80. The minimum Gasteiger partial charge on any atom is -0.459 e. The highest BCUT2D eigenvalue weighted by Gasteiger charge is 2.42. The second-order valence-electron chi connectivity index (χ2n) is 9.52. The van der Waals surface area contributed by atoms with Crippen LogP contribution < -0.4 is 15.0 Å². The molecule has 2 aromatic heterocycles. The summed E-state index contributed by atoms with van der Waals surface area (Å²) in [7, 11) is 0. The predicted molar refractivity (Wildman–Crippen MR) is 160 cm³/mol. The molecule has 6 rings (SSSR count). The summed E-state index contributed by atoms with van der Waals surface area (Å²) in [5.74, 6) is 3.11. The molecule has 1 fully saturated rings. The maximum absolute atomic E-state index is 6.50. The van der Waals surface area contributed by atoms with Crippen LogP contribution in [0.1, 0.15) is 34.7 Å². The van der Waals surface area contributed by atoms with Crippen molar-refractivity contribution in [3.8, 4) is 22.8 Å². The fourth-order valence-electron chi connectivity index (χ4n) is 4.91. The Bertz CT molecular complexity index is 1640. The van der Waals surface area contributed by atoms with Crippen LogP contribution in [0.5, 0.6) is 11.5 Å². The Hall–Kier alpha value is -4.13. The lowest BCUT2D eigenvalue weighted by Crippen LogP contribution is -2.29. The first-order chi connectivity index (χ1) is 19.0. The van der Waals surface area contributed by atoms with Crippen molar-refractivity contribution < 1.29 is 9.15 Å². The van der Waals surface area contributed by atoms with E-state index in [1.54, 1.807) is 6.20 Å². The molecule has 0 unspecified atom stereocenters. The van der Waals surface area contributed by atoms with Crippen molar-refractivity contribution in [2.45, 2.75) is 25.9 Å². The van der Waals surface area contributed by atoms with Gasteiger partial charge in [-0.05, 0) is 104 Å². The number of benzene rings is 3. The van der Waals surface area contributed by atoms with Gasteiger partial charge in [0.25, 0.3) is 0 Å². The van der Waals surface area contributed by atoms with Crippen LogP contribution >= 0.6 is 23.8 Å². The first-order valence-electron chi connectivity index (χ1n) is 12.7. The van der Waals surface area contributed by atoms with E-state index >= 15 is 0 Å². The van der Waals surface area contributed by atoms with Gasteiger partial charge in [0.1, 0.15) is 29.1 Å². The summed E-state index contributed by atoms with van der Waals surface area (Å²) in [6, 6.07) is 31.1. The largest absolute Gasteiger partial charge is 0.459 e. The van der Waals surface area contributed by atoms with Gasteiger partial charge in [0.2, 0.25) is 0 Å². The molecule has 2 atom stereocenters. The summed E-state index contributed by atoms with van der Waals surface area (Å²) in [6.45, 7) is 4.08. The zero-order valence-electron chi connectivity index (χ0n) is 21.5. The molecule has 194 valence electrons. The van der Waals surface area contributed by atoms with E-state index in [9.17, 15) is 0 Å². The SMILES string of the molecule is Cc1ccccc1Oc1ccc(N2C(=S)N[C@H](c3ccccn3)[C@H]2c2ccc(-c3cc(Cl)ccc3C)o2)cc1. The third-order valence-electron chi connectivity index (χ3n) is 6.92. The lowest BCUT2D eigenvalue weighted by Gasteiger charge is -2.26. The van der Waals surface area contributed by atoms with Crippen LogP contribution in [0.3, 0.4) is 0 Å². The summed E-state index contributed by atoms with van der Waals surface area (Å²) in [6.07, 6.45) is 1.79. The number of hydrogen-bond donors (Lipinski definition) is 1. The molecular formula is C32H26ClN3O2S. The molecule has 3 aromatic carbocycles. The number of pyridine rings is 1. The standard InChI is InChI=1S/C32H26ClN3O2S/c1-20-10-11-22(33)19-25(20)28-16-17-29(38-28)31-30(26-8-5-6-18-34-26)35-32(39)36(31)23-12-14-24(15-13-23)37-27-9-4-3-7-21(27)2/h3-19,30-31H,1-2H3,(H,35,39)/t30-,31-/m1/s1. The second kappa shape index (κ2) is 10.6. The molecule has 3 heterocycles. The molecule has 0 bridgehead atoms. The number of nitrogens with one attached hydrogen (secondary N) is 1. The van der Waals surface area contributed by atoms with Gasteiger partial charge in [-0.3, -0.25) is 4.98 Å². The van der Waals surface area contributed by atoms with Crippen LogP contribution in [-0.4, -0.2) is 10.1 Å². The fourth-order valence-corrected chi connectivity index (χ4v) is 5.43. The van der Waals surface area contributed by atoms with E-state index in [1.165, 1.54) is 0 Å². The summed E-state index contributed by atoms with van der Waals surface area (Å²) >= 11 is 12.2. The van der Waals surface area contributed by atoms with Gasteiger partial charge in [-0.2, -0.15) is 0 Å². The van der Waals surface area contributed by atoms with Gasteiger partial charge in [0, 0.05) is 22.5 Å². The zero-order valence-corrected chi connectivity index (χ0v) is 23.0. The van der Waals surface area contributed by atoms with Crippen molar-refractivity contribution in [1.82, 2.24) is 10.3 Å². The van der Waals surface area contributed by atoms with Gasteiger partial charge >= 0.3 is 0 Å². The summed E-state index contributed by atoms with van der Waals surface area (Å²) in [5.41, 5.74) is 4.92. The molecule has 0 spiro atoms. The van der Waals surface area contributed by atoms with Crippen molar-refractivity contribution in [2.75, 3.05) is 4.90 Å². The van der Waals surface area contributed by atoms with Crippen molar-refractivity contribution in [2.24, 2.45) is 0 Å². The van der Waals surface area contributed by atoms with Crippen molar-refractivity contribution in [3.05, 3.63) is 131 Å². The molecule has 5 nitrogen and oxygen atoms in total. The van der Waals surface area contributed by atoms with E-state index < -0.39 is 0 Å². The minimum atomic E-state index is -0.260.